The zero-order chi connectivity index (χ0) is 13.1. The van der Waals surface area contributed by atoms with Crippen LogP contribution in [0.1, 0.15) is 17.2 Å². The lowest BCUT2D eigenvalue weighted by atomic mass is 10.0. The summed E-state index contributed by atoms with van der Waals surface area (Å²) < 4.78 is 14.5. The molecule has 0 radical (unpaired) electrons. The Morgan fingerprint density at radius 3 is 2.33 bits per heavy atom. The molecule has 2 aromatic rings. The van der Waals surface area contributed by atoms with Gasteiger partial charge in [-0.15, -0.1) is 0 Å². The third kappa shape index (κ3) is 3.40. The second-order valence-corrected chi connectivity index (χ2v) is 5.79. The van der Waals surface area contributed by atoms with Gasteiger partial charge in [-0.05, 0) is 51.3 Å². The number of aliphatic hydroxyl groups is 1. The fourth-order valence-electron chi connectivity index (χ4n) is 1.69. The zero-order valence-corrected chi connectivity index (χ0v) is 12.6. The molecule has 18 heavy (non-hydrogen) atoms. The van der Waals surface area contributed by atoms with Crippen molar-refractivity contribution >= 4 is 31.9 Å². The summed E-state index contributed by atoms with van der Waals surface area (Å²) in [5, 5.41) is 10.1. The second-order valence-electron chi connectivity index (χ2n) is 4.02. The van der Waals surface area contributed by atoms with E-state index in [0.29, 0.717) is 10.9 Å². The standard InChI is InChI=1S/C14H11Br2FO/c15-11-4-2-10(3-5-11)14(18)8-9-1-6-13(17)12(16)7-9/h1-7,14,18H,8H2. The fourth-order valence-corrected chi connectivity index (χ4v) is 2.38. The number of halogens is 3. The molecule has 94 valence electrons. The minimum Gasteiger partial charge on any atom is -0.388 e. The number of rotatable bonds is 3. The lowest BCUT2D eigenvalue weighted by Gasteiger charge is -2.11. The van der Waals surface area contributed by atoms with Gasteiger partial charge in [-0.25, -0.2) is 4.39 Å². The van der Waals surface area contributed by atoms with Gasteiger partial charge in [0.15, 0.2) is 0 Å². The molecule has 1 nitrogen and oxygen atoms in total. The highest BCUT2D eigenvalue weighted by Gasteiger charge is 2.09. The van der Waals surface area contributed by atoms with Gasteiger partial charge >= 0.3 is 0 Å². The molecule has 1 unspecified atom stereocenters. The Morgan fingerprint density at radius 1 is 1.06 bits per heavy atom. The summed E-state index contributed by atoms with van der Waals surface area (Å²) in [6.45, 7) is 0. The minimum absolute atomic E-state index is 0.295. The predicted octanol–water partition coefficient (Wildman–Crippen LogP) is 4.63. The largest absolute Gasteiger partial charge is 0.388 e. The van der Waals surface area contributed by atoms with Crippen LogP contribution in [0.4, 0.5) is 4.39 Å². The first-order valence-electron chi connectivity index (χ1n) is 5.44. The number of hydrogen-bond donors (Lipinski definition) is 1. The molecule has 0 saturated carbocycles. The van der Waals surface area contributed by atoms with Crippen molar-refractivity contribution < 1.29 is 9.50 Å². The first-order valence-corrected chi connectivity index (χ1v) is 7.02. The van der Waals surface area contributed by atoms with Crippen LogP contribution in [0, 0.1) is 5.82 Å². The summed E-state index contributed by atoms with van der Waals surface area (Å²) in [5.41, 5.74) is 1.73. The molecular formula is C14H11Br2FO. The van der Waals surface area contributed by atoms with Gasteiger partial charge in [0.2, 0.25) is 0 Å². The van der Waals surface area contributed by atoms with Gasteiger partial charge in [0.1, 0.15) is 5.82 Å². The van der Waals surface area contributed by atoms with E-state index < -0.39 is 6.10 Å². The van der Waals surface area contributed by atoms with Crippen molar-refractivity contribution in [3.63, 3.8) is 0 Å². The van der Waals surface area contributed by atoms with Crippen molar-refractivity contribution in [1.29, 1.82) is 0 Å². The van der Waals surface area contributed by atoms with Crippen molar-refractivity contribution in [2.75, 3.05) is 0 Å². The number of hydrogen-bond acceptors (Lipinski definition) is 1. The molecule has 4 heteroatoms. The Morgan fingerprint density at radius 2 is 1.72 bits per heavy atom. The number of benzene rings is 2. The van der Waals surface area contributed by atoms with E-state index >= 15 is 0 Å². The topological polar surface area (TPSA) is 20.2 Å². The maximum absolute atomic E-state index is 13.1. The van der Waals surface area contributed by atoms with Gasteiger partial charge in [0, 0.05) is 10.9 Å². The van der Waals surface area contributed by atoms with E-state index in [0.717, 1.165) is 15.6 Å². The third-order valence-electron chi connectivity index (χ3n) is 2.67. The smallest absolute Gasteiger partial charge is 0.137 e. The molecule has 0 aliphatic rings. The molecule has 0 fully saturated rings. The van der Waals surface area contributed by atoms with Crippen LogP contribution in [0.5, 0.6) is 0 Å². The highest BCUT2D eigenvalue weighted by molar-refractivity contribution is 9.10. The van der Waals surface area contributed by atoms with Crippen molar-refractivity contribution in [3.05, 3.63) is 68.4 Å². The molecule has 0 aromatic heterocycles. The average Bonchev–Trinajstić information content (AvgIpc) is 2.34. The molecule has 0 aliphatic heterocycles. The van der Waals surface area contributed by atoms with E-state index in [2.05, 4.69) is 31.9 Å². The fraction of sp³-hybridized carbons (Fsp3) is 0.143. The maximum atomic E-state index is 13.1. The highest BCUT2D eigenvalue weighted by atomic mass is 79.9. The lowest BCUT2D eigenvalue weighted by Crippen LogP contribution is -2.01. The van der Waals surface area contributed by atoms with Gasteiger partial charge < -0.3 is 5.11 Å². The summed E-state index contributed by atoms with van der Waals surface area (Å²) >= 11 is 6.49. The monoisotopic (exact) mass is 372 g/mol. The van der Waals surface area contributed by atoms with Crippen LogP contribution in [0.25, 0.3) is 0 Å². The molecule has 1 N–H and O–H groups in total. The maximum Gasteiger partial charge on any atom is 0.137 e. The Bertz CT molecular complexity index is 540. The molecule has 1 atom stereocenters. The van der Waals surface area contributed by atoms with Crippen molar-refractivity contribution in [3.8, 4) is 0 Å². The van der Waals surface area contributed by atoms with E-state index in [1.54, 1.807) is 12.1 Å². The quantitative estimate of drug-likeness (QED) is 0.831. The van der Waals surface area contributed by atoms with Gasteiger partial charge in [-0.3, -0.25) is 0 Å². The highest BCUT2D eigenvalue weighted by Crippen LogP contribution is 2.23. The molecule has 0 aliphatic carbocycles. The Labute approximate surface area is 122 Å². The summed E-state index contributed by atoms with van der Waals surface area (Å²) in [4.78, 5) is 0. The molecule has 0 bridgehead atoms. The minimum atomic E-state index is -0.588. The lowest BCUT2D eigenvalue weighted by molar-refractivity contribution is 0.178. The van der Waals surface area contributed by atoms with Crippen LogP contribution in [-0.4, -0.2) is 5.11 Å². The SMILES string of the molecule is OC(Cc1ccc(F)c(Br)c1)c1ccc(Br)cc1. The Hall–Kier alpha value is -0.710. The van der Waals surface area contributed by atoms with Crippen LogP contribution >= 0.6 is 31.9 Å². The second kappa shape index (κ2) is 5.95. The summed E-state index contributed by atoms with van der Waals surface area (Å²) in [5.74, 6) is -0.295. The summed E-state index contributed by atoms with van der Waals surface area (Å²) in [7, 11) is 0. The molecule has 0 heterocycles. The Balaban J connectivity index is 2.13. The van der Waals surface area contributed by atoms with Crippen LogP contribution < -0.4 is 0 Å². The zero-order valence-electron chi connectivity index (χ0n) is 9.41. The van der Waals surface area contributed by atoms with Crippen molar-refractivity contribution in [2.45, 2.75) is 12.5 Å². The van der Waals surface area contributed by atoms with E-state index in [1.807, 2.05) is 24.3 Å². The van der Waals surface area contributed by atoms with Crippen LogP contribution in [0.15, 0.2) is 51.4 Å². The first kappa shape index (κ1) is 13.7. The van der Waals surface area contributed by atoms with E-state index in [1.165, 1.54) is 6.07 Å². The van der Waals surface area contributed by atoms with Gasteiger partial charge in [-0.2, -0.15) is 0 Å². The van der Waals surface area contributed by atoms with Gasteiger partial charge in [-0.1, -0.05) is 34.1 Å². The van der Waals surface area contributed by atoms with Crippen LogP contribution in [-0.2, 0) is 6.42 Å². The molecular weight excluding hydrogens is 363 g/mol. The van der Waals surface area contributed by atoms with E-state index in [9.17, 15) is 9.50 Å². The van der Waals surface area contributed by atoms with Crippen molar-refractivity contribution in [1.82, 2.24) is 0 Å². The average molecular weight is 374 g/mol. The van der Waals surface area contributed by atoms with Crippen molar-refractivity contribution in [2.24, 2.45) is 0 Å². The summed E-state index contributed by atoms with van der Waals surface area (Å²) in [6, 6.07) is 12.3. The molecule has 2 rings (SSSR count). The summed E-state index contributed by atoms with van der Waals surface area (Å²) in [6.07, 6.45) is -0.129. The number of aliphatic hydroxyl groups excluding tert-OH is 1. The molecule has 2 aromatic carbocycles. The van der Waals surface area contributed by atoms with Crippen LogP contribution in [0.2, 0.25) is 0 Å². The van der Waals surface area contributed by atoms with Gasteiger partial charge in [0.25, 0.3) is 0 Å². The molecule has 0 spiro atoms. The van der Waals surface area contributed by atoms with Crippen LogP contribution in [0.3, 0.4) is 0 Å². The van der Waals surface area contributed by atoms with Gasteiger partial charge in [0.05, 0.1) is 10.6 Å². The Kier molecular flexibility index (Phi) is 4.54. The molecule has 0 saturated heterocycles. The molecule has 0 amide bonds. The predicted molar refractivity (Wildman–Crippen MR) is 76.9 cm³/mol. The van der Waals surface area contributed by atoms with E-state index in [4.69, 9.17) is 0 Å². The van der Waals surface area contributed by atoms with E-state index in [-0.39, 0.29) is 5.82 Å². The first-order chi connectivity index (χ1) is 8.56. The third-order valence-corrected chi connectivity index (χ3v) is 3.80. The normalized spacial score (nSPS) is 12.4.